The Kier molecular flexibility index (Phi) is 5.05. The lowest BCUT2D eigenvalue weighted by Gasteiger charge is -2.17. The van der Waals surface area contributed by atoms with Crippen LogP contribution in [0.1, 0.15) is 18.4 Å². The molecule has 19 heavy (non-hydrogen) atoms. The Bertz CT molecular complexity index is 408. The van der Waals surface area contributed by atoms with E-state index in [-0.39, 0.29) is 12.7 Å². The SMILES string of the molecule is COc1ccc(CCCO)cc1OC1CCN(C)C1. The Morgan fingerprint density at radius 2 is 2.21 bits per heavy atom. The predicted molar refractivity (Wildman–Crippen MR) is 74.9 cm³/mol. The quantitative estimate of drug-likeness (QED) is 0.850. The van der Waals surface area contributed by atoms with E-state index >= 15 is 0 Å². The van der Waals surface area contributed by atoms with E-state index in [2.05, 4.69) is 11.9 Å². The minimum Gasteiger partial charge on any atom is -0.493 e. The topological polar surface area (TPSA) is 41.9 Å². The molecular formula is C15H23NO3. The highest BCUT2D eigenvalue weighted by Crippen LogP contribution is 2.30. The molecule has 1 aliphatic heterocycles. The molecule has 4 nitrogen and oxygen atoms in total. The van der Waals surface area contributed by atoms with E-state index in [0.29, 0.717) is 0 Å². The van der Waals surface area contributed by atoms with E-state index in [0.717, 1.165) is 43.9 Å². The van der Waals surface area contributed by atoms with Crippen molar-refractivity contribution in [2.45, 2.75) is 25.4 Å². The summed E-state index contributed by atoms with van der Waals surface area (Å²) < 4.78 is 11.4. The van der Waals surface area contributed by atoms with Gasteiger partial charge >= 0.3 is 0 Å². The fourth-order valence-corrected chi connectivity index (χ4v) is 2.42. The zero-order chi connectivity index (χ0) is 13.7. The minimum absolute atomic E-state index is 0.218. The summed E-state index contributed by atoms with van der Waals surface area (Å²) in [5, 5.41) is 8.90. The van der Waals surface area contributed by atoms with Gasteiger partial charge in [-0.1, -0.05) is 6.07 Å². The first-order valence-electron chi connectivity index (χ1n) is 6.86. The second kappa shape index (κ2) is 6.78. The van der Waals surface area contributed by atoms with Crippen molar-refractivity contribution in [1.82, 2.24) is 4.90 Å². The molecule has 0 spiro atoms. The molecule has 1 saturated heterocycles. The van der Waals surface area contributed by atoms with Gasteiger partial charge < -0.3 is 19.5 Å². The fraction of sp³-hybridized carbons (Fsp3) is 0.600. The van der Waals surface area contributed by atoms with Crippen LogP contribution in [0.25, 0.3) is 0 Å². The Labute approximate surface area is 114 Å². The molecule has 1 fully saturated rings. The van der Waals surface area contributed by atoms with Crippen molar-refractivity contribution < 1.29 is 14.6 Å². The van der Waals surface area contributed by atoms with Crippen LogP contribution in [0.4, 0.5) is 0 Å². The number of aliphatic hydroxyl groups is 1. The maximum atomic E-state index is 8.90. The van der Waals surface area contributed by atoms with Crippen LogP contribution in [0.3, 0.4) is 0 Å². The van der Waals surface area contributed by atoms with Crippen molar-refractivity contribution in [3.8, 4) is 11.5 Å². The van der Waals surface area contributed by atoms with Gasteiger partial charge in [-0.25, -0.2) is 0 Å². The van der Waals surface area contributed by atoms with Crippen molar-refractivity contribution in [2.75, 3.05) is 33.9 Å². The molecule has 1 N–H and O–H groups in total. The highest BCUT2D eigenvalue weighted by atomic mass is 16.5. The van der Waals surface area contributed by atoms with Crippen LogP contribution >= 0.6 is 0 Å². The van der Waals surface area contributed by atoms with Gasteiger partial charge in [-0.05, 0) is 44.0 Å². The molecule has 1 aliphatic rings. The van der Waals surface area contributed by atoms with Crippen LogP contribution in [-0.4, -0.2) is 50.0 Å². The summed E-state index contributed by atoms with van der Waals surface area (Å²) in [7, 11) is 3.77. The molecule has 1 aromatic rings. The molecule has 0 aliphatic carbocycles. The van der Waals surface area contributed by atoms with E-state index in [9.17, 15) is 0 Å². The summed E-state index contributed by atoms with van der Waals surface area (Å²) in [5.41, 5.74) is 1.18. The van der Waals surface area contributed by atoms with E-state index in [4.69, 9.17) is 14.6 Å². The number of nitrogens with zero attached hydrogens (tertiary/aromatic N) is 1. The van der Waals surface area contributed by atoms with Gasteiger partial charge in [0, 0.05) is 19.7 Å². The van der Waals surface area contributed by atoms with Gasteiger partial charge in [-0.15, -0.1) is 0 Å². The van der Waals surface area contributed by atoms with Crippen molar-refractivity contribution in [2.24, 2.45) is 0 Å². The number of rotatable bonds is 6. The summed E-state index contributed by atoms with van der Waals surface area (Å²) in [6.45, 7) is 2.26. The van der Waals surface area contributed by atoms with Gasteiger partial charge in [-0.3, -0.25) is 0 Å². The van der Waals surface area contributed by atoms with Crippen LogP contribution < -0.4 is 9.47 Å². The summed E-state index contributed by atoms with van der Waals surface area (Å²) >= 11 is 0. The van der Waals surface area contributed by atoms with Crippen LogP contribution in [0.2, 0.25) is 0 Å². The first-order chi connectivity index (χ1) is 9.22. The smallest absolute Gasteiger partial charge is 0.161 e. The zero-order valence-corrected chi connectivity index (χ0v) is 11.8. The lowest BCUT2D eigenvalue weighted by atomic mass is 10.1. The average Bonchev–Trinajstić information content (AvgIpc) is 2.82. The van der Waals surface area contributed by atoms with E-state index in [1.165, 1.54) is 5.56 Å². The molecule has 1 aromatic carbocycles. The second-order valence-corrected chi connectivity index (χ2v) is 5.10. The number of hydrogen-bond acceptors (Lipinski definition) is 4. The number of hydrogen-bond donors (Lipinski definition) is 1. The molecule has 1 heterocycles. The molecule has 1 atom stereocenters. The van der Waals surface area contributed by atoms with Gasteiger partial charge in [0.15, 0.2) is 11.5 Å². The Hall–Kier alpha value is -1.26. The monoisotopic (exact) mass is 265 g/mol. The number of likely N-dealkylation sites (N-methyl/N-ethyl adjacent to an activating group) is 1. The van der Waals surface area contributed by atoms with Gasteiger partial charge in [0.2, 0.25) is 0 Å². The van der Waals surface area contributed by atoms with E-state index in [1.807, 2.05) is 18.2 Å². The first-order valence-corrected chi connectivity index (χ1v) is 6.86. The molecule has 0 amide bonds. The lowest BCUT2D eigenvalue weighted by molar-refractivity contribution is 0.199. The molecule has 0 radical (unpaired) electrons. The van der Waals surface area contributed by atoms with Crippen LogP contribution in [-0.2, 0) is 6.42 Å². The number of likely N-dealkylation sites (tertiary alicyclic amines) is 1. The van der Waals surface area contributed by atoms with Crippen molar-refractivity contribution in [3.63, 3.8) is 0 Å². The maximum absolute atomic E-state index is 8.90. The number of ether oxygens (including phenoxy) is 2. The molecule has 0 saturated carbocycles. The molecule has 4 heteroatoms. The molecule has 2 rings (SSSR count). The molecule has 1 unspecified atom stereocenters. The first kappa shape index (κ1) is 14.2. The second-order valence-electron chi connectivity index (χ2n) is 5.10. The van der Waals surface area contributed by atoms with Crippen molar-refractivity contribution in [3.05, 3.63) is 23.8 Å². The maximum Gasteiger partial charge on any atom is 0.161 e. The van der Waals surface area contributed by atoms with Gasteiger partial charge in [0.05, 0.1) is 7.11 Å². The van der Waals surface area contributed by atoms with E-state index < -0.39 is 0 Å². The average molecular weight is 265 g/mol. The third kappa shape index (κ3) is 3.85. The number of benzene rings is 1. The molecule has 0 bridgehead atoms. The lowest BCUT2D eigenvalue weighted by Crippen LogP contribution is -2.21. The molecule has 106 valence electrons. The van der Waals surface area contributed by atoms with Gasteiger partial charge in [0.1, 0.15) is 6.10 Å². The Balaban J connectivity index is 2.07. The third-order valence-corrected chi connectivity index (χ3v) is 3.49. The Morgan fingerprint density at radius 1 is 1.37 bits per heavy atom. The minimum atomic E-state index is 0.218. The summed E-state index contributed by atoms with van der Waals surface area (Å²) in [4.78, 5) is 2.27. The van der Waals surface area contributed by atoms with Crippen molar-refractivity contribution in [1.29, 1.82) is 0 Å². The predicted octanol–water partition coefficient (Wildman–Crippen LogP) is 1.70. The van der Waals surface area contributed by atoms with Crippen LogP contribution in [0.15, 0.2) is 18.2 Å². The highest BCUT2D eigenvalue weighted by Gasteiger charge is 2.22. The van der Waals surface area contributed by atoms with E-state index in [1.54, 1.807) is 7.11 Å². The normalized spacial score (nSPS) is 19.6. The van der Waals surface area contributed by atoms with Crippen molar-refractivity contribution >= 4 is 0 Å². The Morgan fingerprint density at radius 3 is 2.84 bits per heavy atom. The zero-order valence-electron chi connectivity index (χ0n) is 11.8. The third-order valence-electron chi connectivity index (χ3n) is 3.49. The summed E-state index contributed by atoms with van der Waals surface area (Å²) in [6.07, 6.45) is 2.94. The van der Waals surface area contributed by atoms with Crippen LogP contribution in [0.5, 0.6) is 11.5 Å². The van der Waals surface area contributed by atoms with Crippen LogP contribution in [0, 0.1) is 0 Å². The molecule has 0 aromatic heterocycles. The van der Waals surface area contributed by atoms with Gasteiger partial charge in [-0.2, -0.15) is 0 Å². The fourth-order valence-electron chi connectivity index (χ4n) is 2.42. The number of methoxy groups -OCH3 is 1. The standard InChI is InChI=1S/C15H23NO3/c1-16-8-7-13(11-16)19-15-10-12(4-3-9-17)5-6-14(15)18-2/h5-6,10,13,17H,3-4,7-9,11H2,1-2H3. The molecular weight excluding hydrogens is 242 g/mol. The largest absolute Gasteiger partial charge is 0.493 e. The highest BCUT2D eigenvalue weighted by molar-refractivity contribution is 5.43. The number of aryl methyl sites for hydroxylation is 1. The number of aliphatic hydroxyl groups excluding tert-OH is 1. The summed E-state index contributed by atoms with van der Waals surface area (Å²) in [5.74, 6) is 1.60. The summed E-state index contributed by atoms with van der Waals surface area (Å²) in [6, 6.07) is 6.01. The van der Waals surface area contributed by atoms with Gasteiger partial charge in [0.25, 0.3) is 0 Å².